The molecule has 20 heavy (non-hydrogen) atoms. The van der Waals surface area contributed by atoms with Gasteiger partial charge in [-0.15, -0.1) is 0 Å². The Balaban J connectivity index is 2.32. The van der Waals surface area contributed by atoms with E-state index < -0.39 is 0 Å². The molecule has 1 aromatic rings. The van der Waals surface area contributed by atoms with E-state index in [0.29, 0.717) is 12.6 Å². The Morgan fingerprint density at radius 2 is 2.05 bits per heavy atom. The fourth-order valence-electron chi connectivity index (χ4n) is 3.15. The second kappa shape index (κ2) is 7.04. The summed E-state index contributed by atoms with van der Waals surface area (Å²) in [5.74, 6) is -0.256. The van der Waals surface area contributed by atoms with Gasteiger partial charge in [0.25, 0.3) is 0 Å². The van der Waals surface area contributed by atoms with E-state index in [0.717, 1.165) is 24.1 Å². The number of aliphatic hydroxyl groups excluding tert-OH is 1. The Labute approximate surface area is 120 Å². The lowest BCUT2D eigenvalue weighted by atomic mass is 9.93. The first-order valence-electron chi connectivity index (χ1n) is 7.56. The molecule has 0 amide bonds. The van der Waals surface area contributed by atoms with Gasteiger partial charge in [0, 0.05) is 24.3 Å². The van der Waals surface area contributed by atoms with E-state index in [1.807, 2.05) is 6.92 Å². The van der Waals surface area contributed by atoms with Gasteiger partial charge in [0.05, 0.1) is 6.61 Å². The van der Waals surface area contributed by atoms with Gasteiger partial charge in [0.1, 0.15) is 5.82 Å². The summed E-state index contributed by atoms with van der Waals surface area (Å²) in [5.41, 5.74) is 7.79. The van der Waals surface area contributed by atoms with Crippen molar-refractivity contribution in [3.8, 4) is 0 Å². The van der Waals surface area contributed by atoms with Crippen molar-refractivity contribution in [1.29, 1.82) is 0 Å². The number of aliphatic hydroxyl groups is 1. The molecule has 0 heterocycles. The van der Waals surface area contributed by atoms with Crippen LogP contribution in [0.4, 0.5) is 10.1 Å². The van der Waals surface area contributed by atoms with Gasteiger partial charge >= 0.3 is 0 Å². The molecular formula is C16H25FN2O. The number of nitrogens with two attached hydrogens (primary N) is 1. The molecule has 0 radical (unpaired) electrons. The third-order valence-corrected chi connectivity index (χ3v) is 4.15. The molecule has 1 aliphatic carbocycles. The monoisotopic (exact) mass is 280 g/mol. The predicted octanol–water partition coefficient (Wildman–Crippen LogP) is 2.98. The van der Waals surface area contributed by atoms with Gasteiger partial charge in [0.15, 0.2) is 0 Å². The molecule has 0 saturated heterocycles. The summed E-state index contributed by atoms with van der Waals surface area (Å²) in [6.07, 6.45) is 6.00. The first kappa shape index (κ1) is 15.3. The van der Waals surface area contributed by atoms with Crippen LogP contribution in [-0.2, 0) is 0 Å². The number of hydrogen-bond donors (Lipinski definition) is 2. The van der Waals surface area contributed by atoms with Gasteiger partial charge in [-0.1, -0.05) is 19.3 Å². The maximum absolute atomic E-state index is 13.5. The van der Waals surface area contributed by atoms with Crippen LogP contribution in [0.1, 0.15) is 50.6 Å². The lowest BCUT2D eigenvalue weighted by Gasteiger charge is -2.37. The molecule has 0 bridgehead atoms. The van der Waals surface area contributed by atoms with Crippen LogP contribution < -0.4 is 10.6 Å². The average molecular weight is 280 g/mol. The van der Waals surface area contributed by atoms with Crippen molar-refractivity contribution >= 4 is 5.69 Å². The highest BCUT2D eigenvalue weighted by molar-refractivity contribution is 5.56. The fourth-order valence-corrected chi connectivity index (χ4v) is 3.15. The van der Waals surface area contributed by atoms with Crippen molar-refractivity contribution in [3.05, 3.63) is 29.6 Å². The van der Waals surface area contributed by atoms with Crippen molar-refractivity contribution in [3.63, 3.8) is 0 Å². The van der Waals surface area contributed by atoms with Gasteiger partial charge in [-0.2, -0.15) is 0 Å². The van der Waals surface area contributed by atoms with Crippen molar-refractivity contribution in [2.45, 2.75) is 51.1 Å². The summed E-state index contributed by atoms with van der Waals surface area (Å²) in [6.45, 7) is 2.55. The zero-order valence-electron chi connectivity index (χ0n) is 12.2. The number of rotatable bonds is 5. The summed E-state index contributed by atoms with van der Waals surface area (Å²) in [6, 6.07) is 5.02. The fraction of sp³-hybridized carbons (Fsp3) is 0.625. The van der Waals surface area contributed by atoms with Crippen LogP contribution in [0.25, 0.3) is 0 Å². The predicted molar refractivity (Wildman–Crippen MR) is 80.3 cm³/mol. The molecule has 0 spiro atoms. The van der Waals surface area contributed by atoms with Crippen LogP contribution in [0.2, 0.25) is 0 Å². The second-order valence-electron chi connectivity index (χ2n) is 5.70. The first-order chi connectivity index (χ1) is 9.63. The first-order valence-corrected chi connectivity index (χ1v) is 7.56. The molecule has 1 fully saturated rings. The van der Waals surface area contributed by atoms with Crippen LogP contribution in [0.3, 0.4) is 0 Å². The molecule has 1 atom stereocenters. The van der Waals surface area contributed by atoms with Gasteiger partial charge in [0.2, 0.25) is 0 Å². The number of benzene rings is 1. The standard InChI is InChI=1S/C16H25FN2O/c1-12(18)15-11-13(17)7-8-16(15)19(9-10-20)14-5-3-2-4-6-14/h7-8,11-12,14,20H,2-6,9-10,18H2,1H3/t12-/m1/s1. The Kier molecular flexibility index (Phi) is 5.38. The number of nitrogens with zero attached hydrogens (tertiary/aromatic N) is 1. The molecule has 4 heteroatoms. The summed E-state index contributed by atoms with van der Waals surface area (Å²) < 4.78 is 13.5. The molecule has 0 unspecified atom stereocenters. The maximum Gasteiger partial charge on any atom is 0.123 e. The Morgan fingerprint density at radius 1 is 1.35 bits per heavy atom. The highest BCUT2D eigenvalue weighted by Gasteiger charge is 2.23. The number of hydrogen-bond acceptors (Lipinski definition) is 3. The molecule has 0 aromatic heterocycles. The molecule has 1 aliphatic rings. The van der Waals surface area contributed by atoms with Gasteiger partial charge in [-0.05, 0) is 43.5 Å². The van der Waals surface area contributed by atoms with Gasteiger partial charge < -0.3 is 15.7 Å². The molecule has 2 rings (SSSR count). The topological polar surface area (TPSA) is 49.5 Å². The van der Waals surface area contributed by atoms with E-state index in [1.54, 1.807) is 6.07 Å². The van der Waals surface area contributed by atoms with E-state index in [-0.39, 0.29) is 18.5 Å². The van der Waals surface area contributed by atoms with Crippen LogP contribution in [-0.4, -0.2) is 24.3 Å². The SMILES string of the molecule is C[C@@H](N)c1cc(F)ccc1N(CCO)C1CCCCC1. The molecule has 0 aliphatic heterocycles. The van der Waals surface area contributed by atoms with Crippen LogP contribution >= 0.6 is 0 Å². The molecule has 3 nitrogen and oxygen atoms in total. The molecule has 1 aromatic carbocycles. The minimum absolute atomic E-state index is 0.103. The summed E-state index contributed by atoms with van der Waals surface area (Å²) in [4.78, 5) is 2.22. The lowest BCUT2D eigenvalue weighted by Crippen LogP contribution is -2.39. The number of halogens is 1. The maximum atomic E-state index is 13.5. The molecule has 1 saturated carbocycles. The second-order valence-corrected chi connectivity index (χ2v) is 5.70. The van der Waals surface area contributed by atoms with E-state index >= 15 is 0 Å². The third-order valence-electron chi connectivity index (χ3n) is 4.15. The highest BCUT2D eigenvalue weighted by Crippen LogP contribution is 2.32. The molecular weight excluding hydrogens is 255 g/mol. The van der Waals surface area contributed by atoms with Crippen LogP contribution in [0, 0.1) is 5.82 Å². The van der Waals surface area contributed by atoms with Crippen molar-refractivity contribution in [1.82, 2.24) is 0 Å². The van der Waals surface area contributed by atoms with Crippen LogP contribution in [0.5, 0.6) is 0 Å². The summed E-state index contributed by atoms with van der Waals surface area (Å²) in [7, 11) is 0. The minimum Gasteiger partial charge on any atom is -0.395 e. The summed E-state index contributed by atoms with van der Waals surface area (Å²) in [5, 5.41) is 9.37. The zero-order valence-corrected chi connectivity index (χ0v) is 12.2. The van der Waals surface area contributed by atoms with E-state index in [9.17, 15) is 9.50 Å². The Bertz CT molecular complexity index is 430. The summed E-state index contributed by atoms with van der Waals surface area (Å²) >= 11 is 0. The average Bonchev–Trinajstić information content (AvgIpc) is 2.46. The van der Waals surface area contributed by atoms with E-state index in [4.69, 9.17) is 5.73 Å². The Hall–Kier alpha value is -1.13. The van der Waals surface area contributed by atoms with Gasteiger partial charge in [-0.25, -0.2) is 4.39 Å². The normalized spacial score (nSPS) is 18.0. The highest BCUT2D eigenvalue weighted by atomic mass is 19.1. The van der Waals surface area contributed by atoms with E-state index in [2.05, 4.69) is 4.90 Å². The third kappa shape index (κ3) is 3.49. The van der Waals surface area contributed by atoms with Crippen LogP contribution in [0.15, 0.2) is 18.2 Å². The molecule has 3 N–H and O–H groups in total. The number of anilines is 1. The quantitative estimate of drug-likeness (QED) is 0.871. The van der Waals surface area contributed by atoms with Crippen molar-refractivity contribution < 1.29 is 9.50 Å². The Morgan fingerprint density at radius 3 is 2.65 bits per heavy atom. The largest absolute Gasteiger partial charge is 0.395 e. The minimum atomic E-state index is -0.256. The lowest BCUT2D eigenvalue weighted by molar-refractivity contribution is 0.289. The molecule has 112 valence electrons. The van der Waals surface area contributed by atoms with E-state index in [1.165, 1.54) is 31.4 Å². The smallest absolute Gasteiger partial charge is 0.123 e. The van der Waals surface area contributed by atoms with Crippen molar-refractivity contribution in [2.75, 3.05) is 18.1 Å². The zero-order chi connectivity index (χ0) is 14.5. The van der Waals surface area contributed by atoms with Crippen molar-refractivity contribution in [2.24, 2.45) is 5.73 Å². The van der Waals surface area contributed by atoms with Gasteiger partial charge in [-0.3, -0.25) is 0 Å².